The van der Waals surface area contributed by atoms with E-state index in [2.05, 4.69) is 15.3 Å². The highest BCUT2D eigenvalue weighted by molar-refractivity contribution is 5.73. The molecule has 2 aromatic rings. The summed E-state index contributed by atoms with van der Waals surface area (Å²) in [6.45, 7) is 1.81. The lowest BCUT2D eigenvalue weighted by atomic mass is 9.95. The van der Waals surface area contributed by atoms with E-state index in [4.69, 9.17) is 19.7 Å². The minimum Gasteiger partial charge on any atom is -0.368 e. The average Bonchev–Trinajstić information content (AvgIpc) is 2.78. The smallest absolute Gasteiger partial charge is 0.217 e. The van der Waals surface area contributed by atoms with Crippen LogP contribution in [0.2, 0.25) is 0 Å². The van der Waals surface area contributed by atoms with Crippen LogP contribution in [0, 0.1) is 0 Å². The van der Waals surface area contributed by atoms with Crippen molar-refractivity contribution < 1.29 is 24.1 Å². The van der Waals surface area contributed by atoms with E-state index in [1.54, 1.807) is 0 Å². The maximum absolute atomic E-state index is 11.8. The normalized spacial score (nSPS) is 25.4. The van der Waals surface area contributed by atoms with Crippen molar-refractivity contribution >= 4 is 5.91 Å². The fourth-order valence-electron chi connectivity index (χ4n) is 3.51. The number of benzene rings is 2. The first-order valence-electron chi connectivity index (χ1n) is 10.0. The Kier molecular flexibility index (Phi) is 8.40. The van der Waals surface area contributed by atoms with E-state index in [1.807, 2.05) is 60.7 Å². The first-order valence-corrected chi connectivity index (χ1v) is 10.0. The van der Waals surface area contributed by atoms with Crippen LogP contribution in [-0.2, 0) is 32.2 Å². The molecule has 1 saturated heterocycles. The molecule has 1 fully saturated rings. The van der Waals surface area contributed by atoms with E-state index in [0.717, 1.165) is 11.1 Å². The van der Waals surface area contributed by atoms with E-state index in [1.165, 1.54) is 6.92 Å². The molecule has 3 rings (SSSR count). The first-order chi connectivity index (χ1) is 15.1. The Bertz CT molecular complexity index is 876. The number of carbonyl (C=O) groups excluding carboxylic acids is 1. The Morgan fingerprint density at radius 1 is 1.06 bits per heavy atom. The second-order valence-corrected chi connectivity index (χ2v) is 7.23. The molecule has 0 saturated carbocycles. The Morgan fingerprint density at radius 3 is 2.13 bits per heavy atom. The fraction of sp³-hybridized carbons (Fsp3) is 0.409. The summed E-state index contributed by atoms with van der Waals surface area (Å²) >= 11 is 0. The van der Waals surface area contributed by atoms with Gasteiger partial charge in [-0.05, 0) is 16.7 Å². The molecule has 2 N–H and O–H groups in total. The molecule has 9 heteroatoms. The number of aliphatic hydroxyl groups is 1. The summed E-state index contributed by atoms with van der Waals surface area (Å²) in [6, 6.07) is 18.2. The topological polar surface area (TPSA) is 126 Å². The largest absolute Gasteiger partial charge is 0.368 e. The molecule has 0 aliphatic carbocycles. The lowest BCUT2D eigenvalue weighted by molar-refractivity contribution is -0.266. The van der Waals surface area contributed by atoms with Gasteiger partial charge in [0.25, 0.3) is 0 Å². The summed E-state index contributed by atoms with van der Waals surface area (Å²) in [4.78, 5) is 14.6. The van der Waals surface area contributed by atoms with Gasteiger partial charge in [0, 0.05) is 11.8 Å². The summed E-state index contributed by atoms with van der Waals surface area (Å²) in [5, 5.41) is 16.8. The molecule has 31 heavy (non-hydrogen) atoms. The van der Waals surface area contributed by atoms with Crippen LogP contribution in [0.15, 0.2) is 65.8 Å². The molecule has 0 aromatic heterocycles. The number of rotatable bonds is 9. The molecule has 1 heterocycles. The molecule has 0 radical (unpaired) electrons. The molecule has 1 unspecified atom stereocenters. The van der Waals surface area contributed by atoms with Gasteiger partial charge in [0.05, 0.1) is 25.9 Å². The Labute approximate surface area is 180 Å². The SMILES string of the molecule is CC(=O)N[C@H]1C(O)O[C@H](CN=[N+]=[N-])[C@@H](OCc2ccccc2)[C@@H]1OCc1ccccc1. The Hall–Kier alpha value is -2.94. The maximum atomic E-state index is 11.8. The zero-order valence-electron chi connectivity index (χ0n) is 17.2. The number of nitrogens with zero attached hydrogens (tertiary/aromatic N) is 3. The zero-order chi connectivity index (χ0) is 22.1. The molecule has 0 bridgehead atoms. The van der Waals surface area contributed by atoms with Crippen molar-refractivity contribution in [1.82, 2.24) is 5.32 Å². The molecule has 1 aliphatic heterocycles. The van der Waals surface area contributed by atoms with Crippen molar-refractivity contribution in [3.63, 3.8) is 0 Å². The monoisotopic (exact) mass is 426 g/mol. The average molecular weight is 426 g/mol. The molecule has 164 valence electrons. The van der Waals surface area contributed by atoms with E-state index >= 15 is 0 Å². The molecule has 0 spiro atoms. The van der Waals surface area contributed by atoms with Crippen LogP contribution < -0.4 is 5.32 Å². The third kappa shape index (κ3) is 6.52. The van der Waals surface area contributed by atoms with Crippen LogP contribution in [0.4, 0.5) is 0 Å². The first kappa shape index (κ1) is 22.7. The molecule has 1 aliphatic rings. The van der Waals surface area contributed by atoms with Crippen molar-refractivity contribution in [2.75, 3.05) is 6.54 Å². The zero-order valence-corrected chi connectivity index (χ0v) is 17.2. The van der Waals surface area contributed by atoms with Crippen molar-refractivity contribution in [2.24, 2.45) is 5.11 Å². The van der Waals surface area contributed by atoms with E-state index in [9.17, 15) is 9.90 Å². The standard InChI is InChI=1S/C22H26N4O5/c1-15(27)25-19-21(30-14-17-10-6-3-7-11-17)20(18(12-24-26-23)31-22(19)28)29-13-16-8-4-2-5-9-16/h2-11,18-22,28H,12-14H2,1H3,(H,25,27)/t18-,19-,20-,21-,22?/m1/s1. The van der Waals surface area contributed by atoms with Crippen molar-refractivity contribution in [1.29, 1.82) is 0 Å². The maximum Gasteiger partial charge on any atom is 0.217 e. The molecular formula is C22H26N4O5. The quantitative estimate of drug-likeness (QED) is 0.362. The van der Waals surface area contributed by atoms with E-state index in [-0.39, 0.29) is 25.7 Å². The van der Waals surface area contributed by atoms with Gasteiger partial charge in [-0.2, -0.15) is 0 Å². The van der Waals surface area contributed by atoms with Gasteiger partial charge in [-0.25, -0.2) is 0 Å². The molecule has 5 atom stereocenters. The number of hydrogen-bond donors (Lipinski definition) is 2. The van der Waals surface area contributed by atoms with Gasteiger partial charge in [0.2, 0.25) is 5.91 Å². The Morgan fingerprint density at radius 2 is 1.61 bits per heavy atom. The third-order valence-corrected chi connectivity index (χ3v) is 4.93. The van der Waals surface area contributed by atoms with Gasteiger partial charge in [-0.3, -0.25) is 4.79 Å². The van der Waals surface area contributed by atoms with E-state index < -0.39 is 30.6 Å². The minimum atomic E-state index is -1.35. The van der Waals surface area contributed by atoms with Crippen molar-refractivity contribution in [3.8, 4) is 0 Å². The predicted octanol–water partition coefficient (Wildman–Crippen LogP) is 2.69. The van der Waals surface area contributed by atoms with Crippen molar-refractivity contribution in [2.45, 2.75) is 50.8 Å². The number of nitrogens with one attached hydrogen (secondary N) is 1. The highest BCUT2D eigenvalue weighted by Gasteiger charge is 2.47. The van der Waals surface area contributed by atoms with Crippen LogP contribution in [0.1, 0.15) is 18.1 Å². The van der Waals surface area contributed by atoms with Gasteiger partial charge in [-0.15, -0.1) is 0 Å². The Balaban J connectivity index is 1.85. The number of hydrogen-bond acceptors (Lipinski definition) is 6. The molecule has 9 nitrogen and oxygen atoms in total. The minimum absolute atomic E-state index is 0.0506. The van der Waals surface area contributed by atoms with Gasteiger partial charge < -0.3 is 24.6 Å². The molecule has 2 aromatic carbocycles. The van der Waals surface area contributed by atoms with Crippen LogP contribution in [0.5, 0.6) is 0 Å². The number of ether oxygens (including phenoxy) is 3. The summed E-state index contributed by atoms with van der Waals surface area (Å²) in [6.07, 6.45) is -3.54. The van der Waals surface area contributed by atoms with Crippen LogP contribution in [-0.4, -0.2) is 48.2 Å². The molecule has 1 amide bonds. The number of azide groups is 1. The number of aliphatic hydroxyl groups excluding tert-OH is 1. The lowest BCUT2D eigenvalue weighted by Crippen LogP contribution is -2.65. The summed E-state index contributed by atoms with van der Waals surface area (Å²) in [5.74, 6) is -0.337. The summed E-state index contributed by atoms with van der Waals surface area (Å²) in [5.41, 5.74) is 10.6. The van der Waals surface area contributed by atoms with Crippen LogP contribution in [0.3, 0.4) is 0 Å². The lowest BCUT2D eigenvalue weighted by Gasteiger charge is -2.44. The highest BCUT2D eigenvalue weighted by Crippen LogP contribution is 2.27. The van der Waals surface area contributed by atoms with Gasteiger partial charge >= 0.3 is 0 Å². The molecular weight excluding hydrogens is 400 g/mol. The van der Waals surface area contributed by atoms with E-state index in [0.29, 0.717) is 0 Å². The third-order valence-electron chi connectivity index (χ3n) is 4.93. The van der Waals surface area contributed by atoms with Gasteiger partial charge in [0.15, 0.2) is 6.29 Å². The van der Waals surface area contributed by atoms with Crippen molar-refractivity contribution in [3.05, 3.63) is 82.2 Å². The number of amides is 1. The summed E-state index contributed by atoms with van der Waals surface area (Å²) < 4.78 is 18.0. The predicted molar refractivity (Wildman–Crippen MR) is 113 cm³/mol. The fourth-order valence-corrected chi connectivity index (χ4v) is 3.51. The highest BCUT2D eigenvalue weighted by atomic mass is 16.6. The van der Waals surface area contributed by atoms with Gasteiger partial charge in [-0.1, -0.05) is 65.8 Å². The van der Waals surface area contributed by atoms with Crippen LogP contribution >= 0.6 is 0 Å². The number of carbonyl (C=O) groups is 1. The summed E-state index contributed by atoms with van der Waals surface area (Å²) in [7, 11) is 0. The van der Waals surface area contributed by atoms with Gasteiger partial charge in [0.1, 0.15) is 18.2 Å². The van der Waals surface area contributed by atoms with Crippen LogP contribution in [0.25, 0.3) is 10.4 Å². The second kappa shape index (κ2) is 11.5. The second-order valence-electron chi connectivity index (χ2n) is 7.23.